The summed E-state index contributed by atoms with van der Waals surface area (Å²) in [6.45, 7) is 1.84. The van der Waals surface area contributed by atoms with E-state index >= 15 is 0 Å². The molecule has 3 rings (SSSR count). The number of halogens is 1. The summed E-state index contributed by atoms with van der Waals surface area (Å²) < 4.78 is 23.0. The van der Waals surface area contributed by atoms with E-state index in [2.05, 4.69) is 10.3 Å². The summed E-state index contributed by atoms with van der Waals surface area (Å²) in [5, 5.41) is 4.37. The molecule has 0 spiro atoms. The molecule has 7 heteroatoms. The Hall–Kier alpha value is -2.31. The number of benzene rings is 2. The third-order valence-corrected chi connectivity index (χ3v) is 5.35. The second kappa shape index (κ2) is 6.54. The topological polar surface area (TPSA) is 79.0 Å². The molecule has 0 aliphatic carbocycles. The van der Waals surface area contributed by atoms with E-state index in [0.29, 0.717) is 10.7 Å². The van der Waals surface area contributed by atoms with Crippen molar-refractivity contribution < 1.29 is 13.2 Å². The van der Waals surface area contributed by atoms with Gasteiger partial charge in [-0.05, 0) is 48.9 Å². The number of nitrogens with one attached hydrogen (secondary N) is 2. The number of hydrogen-bond donors (Lipinski definition) is 2. The number of aromatic nitrogens is 1. The van der Waals surface area contributed by atoms with E-state index in [9.17, 15) is 13.2 Å². The maximum atomic E-state index is 12.4. The van der Waals surface area contributed by atoms with Crippen molar-refractivity contribution in [2.75, 3.05) is 6.26 Å². The van der Waals surface area contributed by atoms with E-state index in [0.717, 1.165) is 22.7 Å². The maximum absolute atomic E-state index is 12.4. The largest absolute Gasteiger partial charge is 0.351 e. The molecule has 2 N–H and O–H groups in total. The first-order chi connectivity index (χ1) is 11.7. The molecule has 0 fully saturated rings. The number of hydrogen-bond acceptors (Lipinski definition) is 3. The fraction of sp³-hybridized carbons (Fsp3) is 0.167. The zero-order valence-corrected chi connectivity index (χ0v) is 15.3. The normalized spacial score (nSPS) is 12.9. The van der Waals surface area contributed by atoms with Gasteiger partial charge >= 0.3 is 0 Å². The zero-order chi connectivity index (χ0) is 18.2. The van der Waals surface area contributed by atoms with Crippen molar-refractivity contribution >= 4 is 38.2 Å². The molecule has 0 aliphatic heterocycles. The smallest absolute Gasteiger partial charge is 0.268 e. The van der Waals surface area contributed by atoms with Crippen LogP contribution >= 0.6 is 11.6 Å². The van der Waals surface area contributed by atoms with E-state index in [1.54, 1.807) is 30.3 Å². The number of sulfone groups is 1. The maximum Gasteiger partial charge on any atom is 0.268 e. The van der Waals surface area contributed by atoms with Crippen molar-refractivity contribution in [3.63, 3.8) is 0 Å². The van der Waals surface area contributed by atoms with Crippen molar-refractivity contribution in [2.45, 2.75) is 17.9 Å². The Balaban J connectivity index is 1.77. The molecule has 130 valence electrons. The summed E-state index contributed by atoms with van der Waals surface area (Å²) in [5.41, 5.74) is 2.09. The summed E-state index contributed by atoms with van der Waals surface area (Å²) in [6.07, 6.45) is 1.16. The number of rotatable bonds is 4. The van der Waals surface area contributed by atoms with Crippen LogP contribution in [0.15, 0.2) is 53.4 Å². The molecule has 1 atom stereocenters. The quantitative estimate of drug-likeness (QED) is 0.728. The zero-order valence-electron chi connectivity index (χ0n) is 13.7. The number of H-pyrrole nitrogens is 1. The lowest BCUT2D eigenvalue weighted by atomic mass is 10.1. The van der Waals surface area contributed by atoms with Crippen molar-refractivity contribution in [3.05, 3.63) is 64.8 Å². The monoisotopic (exact) mass is 376 g/mol. The Morgan fingerprint density at radius 2 is 1.80 bits per heavy atom. The van der Waals surface area contributed by atoms with Crippen LogP contribution in [0, 0.1) is 0 Å². The van der Waals surface area contributed by atoms with Crippen LogP contribution in [0.1, 0.15) is 29.0 Å². The van der Waals surface area contributed by atoms with Crippen LogP contribution < -0.4 is 5.32 Å². The van der Waals surface area contributed by atoms with Crippen LogP contribution in [0.4, 0.5) is 0 Å². The Bertz CT molecular complexity index is 1040. The predicted molar refractivity (Wildman–Crippen MR) is 98.7 cm³/mol. The van der Waals surface area contributed by atoms with Crippen LogP contribution in [0.2, 0.25) is 5.02 Å². The molecular weight excluding hydrogens is 360 g/mol. The Kier molecular flexibility index (Phi) is 4.58. The first kappa shape index (κ1) is 17.5. The average Bonchev–Trinajstić information content (AvgIpc) is 2.97. The van der Waals surface area contributed by atoms with Gasteiger partial charge in [-0.25, -0.2) is 8.42 Å². The van der Waals surface area contributed by atoms with Gasteiger partial charge < -0.3 is 10.3 Å². The van der Waals surface area contributed by atoms with Crippen LogP contribution in [-0.2, 0) is 9.84 Å². The molecule has 0 radical (unpaired) electrons. The third kappa shape index (κ3) is 3.86. The molecule has 2 aromatic carbocycles. The van der Waals surface area contributed by atoms with Crippen LogP contribution in [-0.4, -0.2) is 25.6 Å². The third-order valence-electron chi connectivity index (χ3n) is 3.98. The van der Waals surface area contributed by atoms with E-state index in [4.69, 9.17) is 11.6 Å². The van der Waals surface area contributed by atoms with E-state index < -0.39 is 9.84 Å². The molecule has 0 saturated carbocycles. The van der Waals surface area contributed by atoms with Gasteiger partial charge in [-0.2, -0.15) is 0 Å². The minimum absolute atomic E-state index is 0.244. The Labute approximate surface area is 150 Å². The van der Waals surface area contributed by atoms with E-state index in [1.807, 2.05) is 13.0 Å². The molecule has 0 aliphatic rings. The van der Waals surface area contributed by atoms with Gasteiger partial charge in [-0.3, -0.25) is 4.79 Å². The number of aromatic amines is 1. The highest BCUT2D eigenvalue weighted by atomic mass is 35.5. The minimum Gasteiger partial charge on any atom is -0.351 e. The highest BCUT2D eigenvalue weighted by Crippen LogP contribution is 2.21. The average molecular weight is 377 g/mol. The van der Waals surface area contributed by atoms with Gasteiger partial charge in [-0.1, -0.05) is 23.7 Å². The fourth-order valence-corrected chi connectivity index (χ4v) is 3.40. The van der Waals surface area contributed by atoms with Gasteiger partial charge in [0.25, 0.3) is 5.91 Å². The fourth-order valence-electron chi connectivity index (χ4n) is 2.59. The predicted octanol–water partition coefficient (Wildman–Crippen LogP) is 3.72. The van der Waals surface area contributed by atoms with Crippen LogP contribution in [0.25, 0.3) is 10.9 Å². The van der Waals surface area contributed by atoms with Crippen molar-refractivity contribution in [1.29, 1.82) is 0 Å². The van der Waals surface area contributed by atoms with Crippen molar-refractivity contribution in [3.8, 4) is 0 Å². The first-order valence-corrected chi connectivity index (χ1v) is 9.90. The van der Waals surface area contributed by atoms with Crippen LogP contribution in [0.5, 0.6) is 0 Å². The second-order valence-corrected chi connectivity index (χ2v) is 8.40. The lowest BCUT2D eigenvalue weighted by molar-refractivity contribution is 0.0935. The summed E-state index contributed by atoms with van der Waals surface area (Å²) in [5.74, 6) is -0.244. The molecule has 1 aromatic heterocycles. The number of amides is 1. The standard InChI is InChI=1S/C18H17ClN2O3S/c1-11(12-3-6-15(7-4-12)25(2,23)24)20-18(22)17-10-13-9-14(19)5-8-16(13)21-17/h3-11,21H,1-2H3,(H,20,22). The summed E-state index contributed by atoms with van der Waals surface area (Å²) >= 11 is 5.96. The SMILES string of the molecule is CC(NC(=O)c1cc2cc(Cl)ccc2[nH]1)c1ccc(S(C)(=O)=O)cc1. The van der Waals surface area contributed by atoms with Gasteiger partial charge in [0.15, 0.2) is 9.84 Å². The number of carbonyl (C=O) groups excluding carboxylic acids is 1. The van der Waals surface area contributed by atoms with E-state index in [-0.39, 0.29) is 16.8 Å². The van der Waals surface area contributed by atoms with Gasteiger partial charge in [0.2, 0.25) is 0 Å². The molecule has 1 amide bonds. The molecular formula is C18H17ClN2O3S. The summed E-state index contributed by atoms with van der Waals surface area (Å²) in [6, 6.07) is 13.3. The lowest BCUT2D eigenvalue weighted by Crippen LogP contribution is -2.26. The first-order valence-electron chi connectivity index (χ1n) is 7.63. The highest BCUT2D eigenvalue weighted by Gasteiger charge is 2.15. The van der Waals surface area contributed by atoms with Gasteiger partial charge in [0, 0.05) is 22.2 Å². The Morgan fingerprint density at radius 3 is 2.44 bits per heavy atom. The van der Waals surface area contributed by atoms with Gasteiger partial charge in [0.1, 0.15) is 5.69 Å². The highest BCUT2D eigenvalue weighted by molar-refractivity contribution is 7.90. The van der Waals surface area contributed by atoms with E-state index in [1.165, 1.54) is 12.1 Å². The van der Waals surface area contributed by atoms with Crippen molar-refractivity contribution in [2.24, 2.45) is 0 Å². The minimum atomic E-state index is -3.23. The van der Waals surface area contributed by atoms with Crippen molar-refractivity contribution in [1.82, 2.24) is 10.3 Å². The van der Waals surface area contributed by atoms with Gasteiger partial charge in [0.05, 0.1) is 10.9 Å². The molecule has 5 nitrogen and oxygen atoms in total. The molecule has 1 unspecified atom stereocenters. The molecule has 3 aromatic rings. The number of fused-ring (bicyclic) bond motifs is 1. The van der Waals surface area contributed by atoms with Crippen LogP contribution in [0.3, 0.4) is 0 Å². The molecule has 1 heterocycles. The Morgan fingerprint density at radius 1 is 1.12 bits per heavy atom. The molecule has 0 saturated heterocycles. The summed E-state index contributed by atoms with van der Waals surface area (Å²) in [7, 11) is -3.23. The molecule has 25 heavy (non-hydrogen) atoms. The molecule has 0 bridgehead atoms. The van der Waals surface area contributed by atoms with Gasteiger partial charge in [-0.15, -0.1) is 0 Å². The lowest BCUT2D eigenvalue weighted by Gasteiger charge is -2.14. The number of carbonyl (C=O) groups is 1. The second-order valence-electron chi connectivity index (χ2n) is 5.95. The summed E-state index contributed by atoms with van der Waals surface area (Å²) in [4.78, 5) is 15.7.